The monoisotopic (exact) mass is 459 g/mol. The van der Waals surface area contributed by atoms with Crippen LogP contribution in [0, 0.1) is 52.3 Å². The second kappa shape index (κ2) is 12.1. The third-order valence-corrected chi connectivity index (χ3v) is 10.7. The number of rotatable bonds is 3. The van der Waals surface area contributed by atoms with E-state index in [0.29, 0.717) is 10.8 Å². The predicted molar refractivity (Wildman–Crippen MR) is 149 cm³/mol. The molecule has 1 nitrogen and oxygen atoms in total. The molecule has 0 N–H and O–H groups in total. The van der Waals surface area contributed by atoms with Gasteiger partial charge in [-0.25, -0.2) is 0 Å². The molecule has 0 aromatic carbocycles. The molecule has 4 aliphatic rings. The summed E-state index contributed by atoms with van der Waals surface area (Å²) >= 11 is 0. The van der Waals surface area contributed by atoms with Gasteiger partial charge in [-0.15, -0.1) is 0 Å². The Morgan fingerprint density at radius 2 is 1.55 bits per heavy atom. The summed E-state index contributed by atoms with van der Waals surface area (Å²) in [6.07, 6.45) is 15.8. The smallest absolute Gasteiger partial charge is 0.00533 e. The van der Waals surface area contributed by atoms with E-state index in [-0.39, 0.29) is 0 Å². The molecular formula is C32H61N. The molecule has 1 heteroatoms. The van der Waals surface area contributed by atoms with Crippen molar-refractivity contribution in [1.29, 1.82) is 0 Å². The van der Waals surface area contributed by atoms with Crippen LogP contribution in [0.2, 0.25) is 0 Å². The summed E-state index contributed by atoms with van der Waals surface area (Å²) in [5.41, 5.74) is 3.07. The van der Waals surface area contributed by atoms with Crippen LogP contribution in [0.3, 0.4) is 0 Å². The van der Waals surface area contributed by atoms with Gasteiger partial charge in [-0.3, -0.25) is 0 Å². The summed E-state index contributed by atoms with van der Waals surface area (Å²) in [5.74, 6) is 6.69. The first kappa shape index (κ1) is 28.9. The zero-order valence-electron chi connectivity index (χ0n) is 24.6. The Morgan fingerprint density at radius 3 is 2.06 bits per heavy atom. The lowest BCUT2D eigenvalue weighted by Crippen LogP contribution is -2.50. The molecule has 3 saturated carbocycles. The van der Waals surface area contributed by atoms with Crippen LogP contribution in [0.4, 0.5) is 0 Å². The molecule has 0 saturated heterocycles. The van der Waals surface area contributed by atoms with Gasteiger partial charge in [0.15, 0.2) is 0 Å². The van der Waals surface area contributed by atoms with Gasteiger partial charge in [-0.1, -0.05) is 80.4 Å². The summed E-state index contributed by atoms with van der Waals surface area (Å²) < 4.78 is 0. The molecule has 3 fully saturated rings. The molecule has 0 aliphatic heterocycles. The fourth-order valence-corrected chi connectivity index (χ4v) is 7.98. The summed E-state index contributed by atoms with van der Waals surface area (Å²) in [5, 5.41) is 0. The molecule has 0 heterocycles. The van der Waals surface area contributed by atoms with Gasteiger partial charge in [-0.2, -0.15) is 0 Å². The lowest BCUT2D eigenvalue weighted by atomic mass is 9.46. The Hall–Kier alpha value is -0.300. The maximum atomic E-state index is 2.73. The molecule has 0 aromatic heterocycles. The normalized spacial score (nSPS) is 39.6. The van der Waals surface area contributed by atoms with Gasteiger partial charge < -0.3 is 4.90 Å². The van der Waals surface area contributed by atoms with Crippen LogP contribution < -0.4 is 0 Å². The standard InChI is InChI=1S/C23H38.C5H12.C4H11N/c1-15(2)19-8-9-20-18-7-6-17-14-16(3)10-12-22(17,4)21(18)11-13-23(19,20)5;2*1-4-5(2)3/h6,15-16,18-21H,7-14H2,1-5H3;5H,4H2,1-3H3;4H2,1-3H3. The van der Waals surface area contributed by atoms with Crippen molar-refractivity contribution in [3.63, 3.8) is 0 Å². The van der Waals surface area contributed by atoms with Gasteiger partial charge in [0.25, 0.3) is 0 Å². The molecule has 7 atom stereocenters. The summed E-state index contributed by atoms with van der Waals surface area (Å²) in [6, 6.07) is 0. The van der Waals surface area contributed by atoms with Crippen LogP contribution in [-0.4, -0.2) is 25.5 Å². The van der Waals surface area contributed by atoms with Gasteiger partial charge in [-0.05, 0) is 124 Å². The number of nitrogens with zero attached hydrogens (tertiary/aromatic N) is 1. The zero-order chi connectivity index (χ0) is 25.0. The van der Waals surface area contributed by atoms with E-state index in [1.54, 1.807) is 0 Å². The van der Waals surface area contributed by atoms with E-state index >= 15 is 0 Å². The molecule has 4 rings (SSSR count). The first-order valence-corrected chi connectivity index (χ1v) is 14.7. The number of hydrogen-bond donors (Lipinski definition) is 0. The summed E-state index contributed by atoms with van der Waals surface area (Å²) in [6.45, 7) is 22.7. The van der Waals surface area contributed by atoms with Gasteiger partial charge in [0.1, 0.15) is 0 Å². The van der Waals surface area contributed by atoms with Gasteiger partial charge in [0, 0.05) is 0 Å². The summed E-state index contributed by atoms with van der Waals surface area (Å²) in [4.78, 5) is 2.12. The minimum Gasteiger partial charge on any atom is -0.310 e. The quantitative estimate of drug-likeness (QED) is 0.380. The predicted octanol–water partition coefficient (Wildman–Crippen LogP) is 9.48. The Kier molecular flexibility index (Phi) is 10.6. The Morgan fingerprint density at radius 1 is 0.939 bits per heavy atom. The van der Waals surface area contributed by atoms with Gasteiger partial charge in [0.05, 0.1) is 0 Å². The average Bonchev–Trinajstić information content (AvgIpc) is 3.12. The highest BCUT2D eigenvalue weighted by Crippen LogP contribution is 2.67. The van der Waals surface area contributed by atoms with Gasteiger partial charge in [0.2, 0.25) is 0 Å². The SMILES string of the molecule is CC1CCC2(C)C(=CCC3C2CCC2(C)C(C(C)C)CCC32)C1.CCC(C)C.CCN(C)C. The van der Waals surface area contributed by atoms with Crippen LogP contribution >= 0.6 is 0 Å². The van der Waals surface area contributed by atoms with Crippen molar-refractivity contribution in [1.82, 2.24) is 4.90 Å². The van der Waals surface area contributed by atoms with Crippen LogP contribution in [-0.2, 0) is 0 Å². The molecule has 0 amide bonds. The first-order valence-electron chi connectivity index (χ1n) is 14.7. The molecule has 7 unspecified atom stereocenters. The average molecular weight is 460 g/mol. The Bertz CT molecular complexity index is 608. The van der Waals surface area contributed by atoms with E-state index in [9.17, 15) is 0 Å². The minimum absolute atomic E-state index is 0.562. The number of allylic oxidation sites excluding steroid dienone is 2. The number of hydrogen-bond acceptors (Lipinski definition) is 1. The highest BCUT2D eigenvalue weighted by molar-refractivity contribution is 5.25. The second-order valence-corrected chi connectivity index (χ2v) is 13.8. The minimum atomic E-state index is 0.562. The van der Waals surface area contributed by atoms with Crippen LogP contribution in [0.5, 0.6) is 0 Å². The van der Waals surface area contributed by atoms with Crippen molar-refractivity contribution in [2.45, 2.75) is 120 Å². The first-order chi connectivity index (χ1) is 15.4. The third-order valence-electron chi connectivity index (χ3n) is 10.7. The van der Waals surface area contributed by atoms with Crippen LogP contribution in [0.15, 0.2) is 11.6 Å². The molecule has 4 aliphatic carbocycles. The van der Waals surface area contributed by atoms with E-state index in [1.807, 2.05) is 5.57 Å². The Labute approximate surface area is 209 Å². The highest BCUT2D eigenvalue weighted by Gasteiger charge is 2.58. The van der Waals surface area contributed by atoms with Crippen molar-refractivity contribution < 1.29 is 0 Å². The lowest BCUT2D eigenvalue weighted by Gasteiger charge is -2.58. The van der Waals surface area contributed by atoms with E-state index < -0.39 is 0 Å². The molecule has 194 valence electrons. The van der Waals surface area contributed by atoms with Crippen molar-refractivity contribution in [3.8, 4) is 0 Å². The van der Waals surface area contributed by atoms with E-state index in [0.717, 1.165) is 48.0 Å². The van der Waals surface area contributed by atoms with E-state index in [1.165, 1.54) is 57.8 Å². The molecule has 33 heavy (non-hydrogen) atoms. The molecule has 0 bridgehead atoms. The number of fused-ring (bicyclic) bond motifs is 5. The largest absolute Gasteiger partial charge is 0.310 e. The maximum Gasteiger partial charge on any atom is -0.00533 e. The van der Waals surface area contributed by atoms with Crippen molar-refractivity contribution in [2.24, 2.45) is 52.3 Å². The lowest BCUT2D eigenvalue weighted by molar-refractivity contribution is -0.0503. The van der Waals surface area contributed by atoms with Crippen molar-refractivity contribution >= 4 is 0 Å². The highest BCUT2D eigenvalue weighted by atomic mass is 15.0. The van der Waals surface area contributed by atoms with Gasteiger partial charge >= 0.3 is 0 Å². The third kappa shape index (κ3) is 6.48. The second-order valence-electron chi connectivity index (χ2n) is 13.8. The molecule has 0 spiro atoms. The fraction of sp³-hybridized carbons (Fsp3) is 0.938. The van der Waals surface area contributed by atoms with E-state index in [4.69, 9.17) is 0 Å². The van der Waals surface area contributed by atoms with Crippen LogP contribution in [0.1, 0.15) is 120 Å². The molecule has 0 aromatic rings. The van der Waals surface area contributed by atoms with E-state index in [2.05, 4.69) is 87.4 Å². The topological polar surface area (TPSA) is 3.24 Å². The van der Waals surface area contributed by atoms with Crippen LogP contribution in [0.25, 0.3) is 0 Å². The molecule has 0 radical (unpaired) electrons. The fourth-order valence-electron chi connectivity index (χ4n) is 7.98. The maximum absolute atomic E-state index is 2.73. The molecular weight excluding hydrogens is 398 g/mol. The zero-order valence-corrected chi connectivity index (χ0v) is 24.6. The Balaban J connectivity index is 0.000000327. The van der Waals surface area contributed by atoms with Crippen molar-refractivity contribution in [3.05, 3.63) is 11.6 Å². The van der Waals surface area contributed by atoms with Crippen molar-refractivity contribution in [2.75, 3.05) is 20.6 Å². The summed E-state index contributed by atoms with van der Waals surface area (Å²) in [7, 11) is 4.11.